The highest BCUT2D eigenvalue weighted by atomic mass is 16.5. The summed E-state index contributed by atoms with van der Waals surface area (Å²) < 4.78 is 16.9. The molecule has 0 spiro atoms. The van der Waals surface area contributed by atoms with Crippen molar-refractivity contribution < 1.29 is 23.3 Å². The molecule has 158 valence electrons. The minimum atomic E-state index is -1.19. The number of aromatic nitrogens is 2. The number of benzene rings is 2. The minimum absolute atomic E-state index is 0.0558. The smallest absolute Gasteiger partial charge is 0.419 e. The van der Waals surface area contributed by atoms with Crippen LogP contribution in [0.1, 0.15) is 23.8 Å². The van der Waals surface area contributed by atoms with E-state index in [4.69, 9.17) is 13.7 Å². The molecule has 9 nitrogen and oxygen atoms in total. The van der Waals surface area contributed by atoms with E-state index in [2.05, 4.69) is 10.5 Å². The Morgan fingerprint density at radius 1 is 1.13 bits per heavy atom. The van der Waals surface area contributed by atoms with Gasteiger partial charge in [0.25, 0.3) is 5.91 Å². The first-order valence-electron chi connectivity index (χ1n) is 9.58. The normalized spacial score (nSPS) is 11.9. The number of ether oxygens (including phenoxy) is 1. The van der Waals surface area contributed by atoms with E-state index in [0.29, 0.717) is 22.4 Å². The third-order valence-corrected chi connectivity index (χ3v) is 4.58. The van der Waals surface area contributed by atoms with Crippen molar-refractivity contribution in [1.29, 1.82) is 0 Å². The van der Waals surface area contributed by atoms with E-state index in [0.717, 1.165) is 0 Å². The van der Waals surface area contributed by atoms with Crippen LogP contribution in [-0.2, 0) is 20.9 Å². The fraction of sp³-hybridized carbons (Fsp3) is 0.182. The molecule has 2 aromatic heterocycles. The van der Waals surface area contributed by atoms with Gasteiger partial charge in [-0.1, -0.05) is 47.6 Å². The van der Waals surface area contributed by atoms with Crippen molar-refractivity contribution >= 4 is 28.8 Å². The molecule has 1 atom stereocenters. The van der Waals surface area contributed by atoms with Crippen molar-refractivity contribution in [3.05, 3.63) is 82.5 Å². The molecule has 0 aliphatic rings. The van der Waals surface area contributed by atoms with E-state index in [1.165, 1.54) is 4.57 Å². The summed E-state index contributed by atoms with van der Waals surface area (Å²) in [7, 11) is 0. The highest BCUT2D eigenvalue weighted by Crippen LogP contribution is 2.21. The lowest BCUT2D eigenvalue weighted by Crippen LogP contribution is -2.27. The minimum Gasteiger partial charge on any atom is -0.447 e. The molecule has 1 unspecified atom stereocenters. The molecule has 0 saturated heterocycles. The number of rotatable bonds is 7. The number of nitrogens with one attached hydrogen (secondary N) is 1. The fourth-order valence-electron chi connectivity index (χ4n) is 3.14. The lowest BCUT2D eigenvalue weighted by atomic mass is 10.1. The van der Waals surface area contributed by atoms with Crippen molar-refractivity contribution in [2.24, 2.45) is 0 Å². The molecule has 0 radical (unpaired) electrons. The Morgan fingerprint density at radius 3 is 2.61 bits per heavy atom. The van der Waals surface area contributed by atoms with Gasteiger partial charge < -0.3 is 19.0 Å². The SMILES string of the molecule is Cc1cc(NC(=O)C(OC(=O)CCn2c(=O)oc3ccccc32)c2ccccc2)no1. The van der Waals surface area contributed by atoms with Gasteiger partial charge >= 0.3 is 11.7 Å². The first-order chi connectivity index (χ1) is 15.0. The number of nitrogens with zero attached hydrogens (tertiary/aromatic N) is 2. The number of anilines is 1. The Hall–Kier alpha value is -4.14. The molecule has 2 heterocycles. The molecule has 0 fully saturated rings. The molecule has 0 saturated carbocycles. The Balaban J connectivity index is 1.48. The van der Waals surface area contributed by atoms with Crippen LogP contribution in [0, 0.1) is 6.92 Å². The zero-order valence-corrected chi connectivity index (χ0v) is 16.6. The molecule has 4 aromatic rings. The van der Waals surface area contributed by atoms with Crippen LogP contribution in [0.5, 0.6) is 0 Å². The Morgan fingerprint density at radius 2 is 1.87 bits per heavy atom. The summed E-state index contributed by atoms with van der Waals surface area (Å²) in [6.45, 7) is 1.75. The summed E-state index contributed by atoms with van der Waals surface area (Å²) in [6.07, 6.45) is -1.31. The van der Waals surface area contributed by atoms with E-state index >= 15 is 0 Å². The third kappa shape index (κ3) is 4.55. The van der Waals surface area contributed by atoms with Gasteiger partial charge in [-0.25, -0.2) is 4.79 Å². The molecule has 31 heavy (non-hydrogen) atoms. The second-order valence-electron chi connectivity index (χ2n) is 6.83. The standard InChI is InChI=1S/C22H19N3O6/c1-14-13-18(24-31-14)23-21(27)20(15-7-3-2-4-8-15)30-19(26)11-12-25-16-9-5-6-10-17(16)29-22(25)28/h2-10,13,20H,11-12H2,1H3,(H,23,24,27). The number of hydrogen-bond donors (Lipinski definition) is 1. The van der Waals surface area contributed by atoms with Crippen LogP contribution in [0.2, 0.25) is 0 Å². The summed E-state index contributed by atoms with van der Waals surface area (Å²) in [6, 6.07) is 17.1. The van der Waals surface area contributed by atoms with Crippen molar-refractivity contribution in [3.8, 4) is 0 Å². The van der Waals surface area contributed by atoms with Gasteiger partial charge in [-0.05, 0) is 19.1 Å². The van der Waals surface area contributed by atoms with Crippen molar-refractivity contribution in [3.63, 3.8) is 0 Å². The molecule has 1 amide bonds. The summed E-state index contributed by atoms with van der Waals surface area (Å²) in [5.41, 5.74) is 1.52. The molecular formula is C22H19N3O6. The zero-order chi connectivity index (χ0) is 21.8. The van der Waals surface area contributed by atoms with Crippen LogP contribution in [-0.4, -0.2) is 21.6 Å². The highest BCUT2D eigenvalue weighted by molar-refractivity contribution is 5.95. The molecular weight excluding hydrogens is 402 g/mol. The first-order valence-corrected chi connectivity index (χ1v) is 9.58. The molecule has 9 heteroatoms. The van der Waals surface area contributed by atoms with Crippen LogP contribution < -0.4 is 11.1 Å². The number of esters is 1. The fourth-order valence-corrected chi connectivity index (χ4v) is 3.14. The van der Waals surface area contributed by atoms with Crippen molar-refractivity contribution in [2.75, 3.05) is 5.32 Å². The van der Waals surface area contributed by atoms with E-state index in [1.807, 2.05) is 0 Å². The van der Waals surface area contributed by atoms with E-state index < -0.39 is 23.7 Å². The van der Waals surface area contributed by atoms with Gasteiger partial charge in [0, 0.05) is 18.2 Å². The van der Waals surface area contributed by atoms with E-state index in [1.54, 1.807) is 67.6 Å². The molecule has 2 aromatic carbocycles. The number of carbonyl (C=O) groups is 2. The Labute approximate surface area is 176 Å². The summed E-state index contributed by atoms with van der Waals surface area (Å²) >= 11 is 0. The summed E-state index contributed by atoms with van der Waals surface area (Å²) in [5, 5.41) is 6.30. The van der Waals surface area contributed by atoms with Gasteiger partial charge in [0.05, 0.1) is 11.9 Å². The van der Waals surface area contributed by atoms with Crippen molar-refractivity contribution in [1.82, 2.24) is 9.72 Å². The third-order valence-electron chi connectivity index (χ3n) is 4.58. The van der Waals surface area contributed by atoms with Crippen LogP contribution in [0.3, 0.4) is 0 Å². The topological polar surface area (TPSA) is 117 Å². The van der Waals surface area contributed by atoms with Crippen LogP contribution >= 0.6 is 0 Å². The van der Waals surface area contributed by atoms with Gasteiger partial charge in [0.15, 0.2) is 11.4 Å². The average Bonchev–Trinajstić information content (AvgIpc) is 3.32. The van der Waals surface area contributed by atoms with Crippen LogP contribution in [0.15, 0.2) is 74.4 Å². The molecule has 0 aliphatic heterocycles. The average molecular weight is 421 g/mol. The first kappa shape index (κ1) is 20.1. The Bertz CT molecular complexity index is 1270. The lowest BCUT2D eigenvalue weighted by molar-refractivity contribution is -0.155. The molecule has 0 bridgehead atoms. The van der Waals surface area contributed by atoms with Gasteiger partial charge in [-0.2, -0.15) is 0 Å². The zero-order valence-electron chi connectivity index (χ0n) is 16.6. The number of amides is 1. The lowest BCUT2D eigenvalue weighted by Gasteiger charge is -2.17. The van der Waals surface area contributed by atoms with Crippen LogP contribution in [0.25, 0.3) is 11.1 Å². The number of hydrogen-bond acceptors (Lipinski definition) is 7. The number of oxazole rings is 1. The maximum absolute atomic E-state index is 12.8. The largest absolute Gasteiger partial charge is 0.447 e. The highest BCUT2D eigenvalue weighted by Gasteiger charge is 2.26. The maximum Gasteiger partial charge on any atom is 0.419 e. The van der Waals surface area contributed by atoms with E-state index in [9.17, 15) is 14.4 Å². The monoisotopic (exact) mass is 421 g/mol. The summed E-state index contributed by atoms with van der Waals surface area (Å²) in [5.74, 6) is -1.03. The second-order valence-corrected chi connectivity index (χ2v) is 6.83. The second kappa shape index (κ2) is 8.70. The van der Waals surface area contributed by atoms with Crippen molar-refractivity contribution in [2.45, 2.75) is 26.0 Å². The predicted molar refractivity (Wildman–Crippen MR) is 110 cm³/mol. The van der Waals surface area contributed by atoms with Gasteiger partial charge in [0.1, 0.15) is 5.76 Å². The Kier molecular flexibility index (Phi) is 5.65. The number of aryl methyl sites for hydroxylation is 2. The molecule has 0 aliphatic carbocycles. The number of fused-ring (bicyclic) bond motifs is 1. The maximum atomic E-state index is 12.8. The van der Waals surface area contributed by atoms with Gasteiger partial charge in [-0.3, -0.25) is 14.2 Å². The number of carbonyl (C=O) groups excluding carboxylic acids is 2. The molecule has 4 rings (SSSR count). The quantitative estimate of drug-likeness (QED) is 0.455. The van der Waals surface area contributed by atoms with Crippen LogP contribution in [0.4, 0.5) is 5.82 Å². The van der Waals surface area contributed by atoms with Gasteiger partial charge in [-0.15, -0.1) is 0 Å². The predicted octanol–water partition coefficient (Wildman–Crippen LogP) is 3.20. The molecule has 1 N–H and O–H groups in total. The summed E-state index contributed by atoms with van der Waals surface area (Å²) in [4.78, 5) is 37.4. The van der Waals surface area contributed by atoms with E-state index in [-0.39, 0.29) is 18.8 Å². The van der Waals surface area contributed by atoms with Gasteiger partial charge in [0.2, 0.25) is 6.10 Å². The number of para-hydroxylation sites is 2.